The van der Waals surface area contributed by atoms with E-state index in [0.29, 0.717) is 6.04 Å². The van der Waals surface area contributed by atoms with Crippen LogP contribution in [0.1, 0.15) is 31.1 Å². The van der Waals surface area contributed by atoms with Gasteiger partial charge in [-0.2, -0.15) is 5.10 Å². The SMILES string of the molecule is CC(C)n1ccc(CNCc2cccc(Cl)c2)n1. The lowest BCUT2D eigenvalue weighted by Gasteiger charge is -2.05. The topological polar surface area (TPSA) is 29.9 Å². The second kappa shape index (κ2) is 6.03. The Morgan fingerprint density at radius 2 is 2.11 bits per heavy atom. The van der Waals surface area contributed by atoms with Crippen LogP contribution in [0, 0.1) is 0 Å². The quantitative estimate of drug-likeness (QED) is 0.896. The third kappa shape index (κ3) is 3.59. The van der Waals surface area contributed by atoms with Gasteiger partial charge in [0.25, 0.3) is 0 Å². The van der Waals surface area contributed by atoms with E-state index in [1.54, 1.807) is 0 Å². The fourth-order valence-electron chi connectivity index (χ4n) is 1.74. The van der Waals surface area contributed by atoms with Crippen molar-refractivity contribution in [2.75, 3.05) is 0 Å². The van der Waals surface area contributed by atoms with E-state index in [1.807, 2.05) is 35.1 Å². The van der Waals surface area contributed by atoms with Crippen molar-refractivity contribution in [1.29, 1.82) is 0 Å². The summed E-state index contributed by atoms with van der Waals surface area (Å²) in [4.78, 5) is 0. The fraction of sp³-hybridized carbons (Fsp3) is 0.357. The van der Waals surface area contributed by atoms with Crippen molar-refractivity contribution < 1.29 is 0 Å². The molecule has 0 saturated heterocycles. The van der Waals surface area contributed by atoms with Gasteiger partial charge in [-0.1, -0.05) is 23.7 Å². The van der Waals surface area contributed by atoms with Crippen molar-refractivity contribution in [3.05, 3.63) is 52.8 Å². The summed E-state index contributed by atoms with van der Waals surface area (Å²) >= 11 is 5.94. The van der Waals surface area contributed by atoms with Gasteiger partial charge in [-0.3, -0.25) is 4.68 Å². The highest BCUT2D eigenvalue weighted by atomic mass is 35.5. The minimum Gasteiger partial charge on any atom is -0.307 e. The number of benzene rings is 1. The predicted octanol–water partition coefficient (Wildman–Crippen LogP) is 3.41. The lowest BCUT2D eigenvalue weighted by atomic mass is 10.2. The lowest BCUT2D eigenvalue weighted by Crippen LogP contribution is -2.13. The number of rotatable bonds is 5. The van der Waals surface area contributed by atoms with Gasteiger partial charge in [0, 0.05) is 30.4 Å². The summed E-state index contributed by atoms with van der Waals surface area (Å²) in [6, 6.07) is 10.3. The molecule has 0 atom stereocenters. The van der Waals surface area contributed by atoms with E-state index < -0.39 is 0 Å². The largest absolute Gasteiger partial charge is 0.307 e. The summed E-state index contributed by atoms with van der Waals surface area (Å²) in [6.07, 6.45) is 2.01. The zero-order valence-electron chi connectivity index (χ0n) is 10.7. The molecule has 0 unspecified atom stereocenters. The first kappa shape index (κ1) is 13.1. The van der Waals surface area contributed by atoms with Crippen LogP contribution in [0.5, 0.6) is 0 Å². The van der Waals surface area contributed by atoms with Crippen LogP contribution in [0.2, 0.25) is 5.02 Å². The molecule has 96 valence electrons. The monoisotopic (exact) mass is 263 g/mol. The average Bonchev–Trinajstić information content (AvgIpc) is 2.78. The molecule has 1 aromatic carbocycles. The molecule has 4 heteroatoms. The molecule has 0 aliphatic heterocycles. The molecule has 0 aliphatic rings. The summed E-state index contributed by atoms with van der Waals surface area (Å²) in [6.45, 7) is 5.81. The number of aromatic nitrogens is 2. The lowest BCUT2D eigenvalue weighted by molar-refractivity contribution is 0.521. The van der Waals surface area contributed by atoms with Crippen LogP contribution in [0.4, 0.5) is 0 Å². The molecular formula is C14H18ClN3. The summed E-state index contributed by atoms with van der Waals surface area (Å²) in [5, 5.41) is 8.63. The first-order valence-electron chi connectivity index (χ1n) is 6.14. The molecule has 0 bridgehead atoms. The number of nitrogens with zero attached hydrogens (tertiary/aromatic N) is 2. The highest BCUT2D eigenvalue weighted by Gasteiger charge is 2.01. The smallest absolute Gasteiger partial charge is 0.0762 e. The average molecular weight is 264 g/mol. The maximum absolute atomic E-state index is 5.94. The van der Waals surface area contributed by atoms with Gasteiger partial charge in [-0.15, -0.1) is 0 Å². The molecule has 0 aliphatic carbocycles. The third-order valence-electron chi connectivity index (χ3n) is 2.72. The minimum atomic E-state index is 0.409. The molecule has 1 N–H and O–H groups in total. The predicted molar refractivity (Wildman–Crippen MR) is 74.6 cm³/mol. The maximum Gasteiger partial charge on any atom is 0.0762 e. The number of halogens is 1. The molecule has 3 nitrogen and oxygen atoms in total. The van der Waals surface area contributed by atoms with Crippen LogP contribution >= 0.6 is 11.6 Å². The number of hydrogen-bond acceptors (Lipinski definition) is 2. The molecule has 0 radical (unpaired) electrons. The number of nitrogens with one attached hydrogen (secondary N) is 1. The Bertz CT molecular complexity index is 505. The zero-order chi connectivity index (χ0) is 13.0. The van der Waals surface area contributed by atoms with E-state index in [9.17, 15) is 0 Å². The zero-order valence-corrected chi connectivity index (χ0v) is 11.5. The molecule has 2 aromatic rings. The molecule has 0 saturated carbocycles. The Hall–Kier alpha value is -1.32. The van der Waals surface area contributed by atoms with Crippen molar-refractivity contribution in [2.45, 2.75) is 33.0 Å². The molecule has 0 amide bonds. The van der Waals surface area contributed by atoms with Crippen molar-refractivity contribution >= 4 is 11.6 Å². The Morgan fingerprint density at radius 3 is 2.78 bits per heavy atom. The van der Waals surface area contributed by atoms with Gasteiger partial charge >= 0.3 is 0 Å². The summed E-state index contributed by atoms with van der Waals surface area (Å²) < 4.78 is 1.97. The standard InChI is InChI=1S/C14H18ClN3/c1-11(2)18-7-6-14(17-18)10-16-9-12-4-3-5-13(15)8-12/h3-8,11,16H,9-10H2,1-2H3. The number of hydrogen-bond donors (Lipinski definition) is 1. The Labute approximate surface area is 113 Å². The van der Waals surface area contributed by atoms with Gasteiger partial charge in [0.1, 0.15) is 0 Å². The van der Waals surface area contributed by atoms with Crippen molar-refractivity contribution in [2.24, 2.45) is 0 Å². The van der Waals surface area contributed by atoms with Gasteiger partial charge in [-0.25, -0.2) is 0 Å². The molecule has 2 rings (SSSR count). The molecular weight excluding hydrogens is 246 g/mol. The third-order valence-corrected chi connectivity index (χ3v) is 2.95. The van der Waals surface area contributed by atoms with E-state index in [1.165, 1.54) is 5.56 Å². The van der Waals surface area contributed by atoms with Crippen LogP contribution in [-0.2, 0) is 13.1 Å². The second-order valence-electron chi connectivity index (χ2n) is 4.61. The Balaban J connectivity index is 1.84. The van der Waals surface area contributed by atoms with Crippen LogP contribution in [0.25, 0.3) is 0 Å². The second-order valence-corrected chi connectivity index (χ2v) is 5.05. The first-order chi connectivity index (χ1) is 8.65. The normalized spacial score (nSPS) is 11.1. The minimum absolute atomic E-state index is 0.409. The van der Waals surface area contributed by atoms with E-state index in [4.69, 9.17) is 11.6 Å². The molecule has 0 spiro atoms. The van der Waals surface area contributed by atoms with Crippen LogP contribution in [0.3, 0.4) is 0 Å². The van der Waals surface area contributed by atoms with Crippen molar-refractivity contribution in [1.82, 2.24) is 15.1 Å². The van der Waals surface area contributed by atoms with E-state index in [2.05, 4.69) is 30.3 Å². The summed E-state index contributed by atoms with van der Waals surface area (Å²) in [5.74, 6) is 0. The summed E-state index contributed by atoms with van der Waals surface area (Å²) in [7, 11) is 0. The van der Waals surface area contributed by atoms with E-state index in [0.717, 1.165) is 23.8 Å². The highest BCUT2D eigenvalue weighted by molar-refractivity contribution is 6.30. The van der Waals surface area contributed by atoms with Crippen LogP contribution < -0.4 is 5.32 Å². The summed E-state index contributed by atoms with van der Waals surface area (Å²) in [5.41, 5.74) is 2.25. The Morgan fingerprint density at radius 1 is 1.28 bits per heavy atom. The van der Waals surface area contributed by atoms with Crippen LogP contribution in [-0.4, -0.2) is 9.78 Å². The fourth-order valence-corrected chi connectivity index (χ4v) is 1.95. The van der Waals surface area contributed by atoms with Gasteiger partial charge in [-0.05, 0) is 37.6 Å². The Kier molecular flexibility index (Phi) is 4.39. The van der Waals surface area contributed by atoms with Crippen molar-refractivity contribution in [3.8, 4) is 0 Å². The molecule has 1 aromatic heterocycles. The van der Waals surface area contributed by atoms with E-state index >= 15 is 0 Å². The first-order valence-corrected chi connectivity index (χ1v) is 6.52. The molecule has 1 heterocycles. The van der Waals surface area contributed by atoms with Gasteiger partial charge in [0.2, 0.25) is 0 Å². The highest BCUT2D eigenvalue weighted by Crippen LogP contribution is 2.10. The van der Waals surface area contributed by atoms with Crippen molar-refractivity contribution in [3.63, 3.8) is 0 Å². The van der Waals surface area contributed by atoms with Gasteiger partial charge in [0.15, 0.2) is 0 Å². The van der Waals surface area contributed by atoms with Crippen LogP contribution in [0.15, 0.2) is 36.5 Å². The maximum atomic E-state index is 5.94. The molecule has 18 heavy (non-hydrogen) atoms. The van der Waals surface area contributed by atoms with Gasteiger partial charge in [0.05, 0.1) is 5.69 Å². The van der Waals surface area contributed by atoms with Gasteiger partial charge < -0.3 is 5.32 Å². The molecule has 0 fully saturated rings. The van der Waals surface area contributed by atoms with E-state index in [-0.39, 0.29) is 0 Å².